The first-order valence-corrected chi connectivity index (χ1v) is 8.89. The Kier molecular flexibility index (Phi) is 4.85. The van der Waals surface area contributed by atoms with Crippen LogP contribution in [-0.2, 0) is 6.54 Å². The van der Waals surface area contributed by atoms with Crippen LogP contribution in [0.1, 0.15) is 18.9 Å². The first kappa shape index (κ1) is 15.6. The molecule has 0 aromatic carbocycles. The van der Waals surface area contributed by atoms with Gasteiger partial charge in [-0.25, -0.2) is 9.97 Å². The molecule has 120 valence electrons. The zero-order chi connectivity index (χ0) is 15.5. The van der Waals surface area contributed by atoms with E-state index in [1.54, 1.807) is 0 Å². The van der Waals surface area contributed by atoms with Crippen molar-refractivity contribution >= 4 is 28.6 Å². The Morgan fingerprint density at radius 2 is 2.32 bits per heavy atom. The van der Waals surface area contributed by atoms with Crippen molar-refractivity contribution < 1.29 is 5.11 Å². The summed E-state index contributed by atoms with van der Waals surface area (Å²) in [5, 5.41) is 10.2. The highest BCUT2D eigenvalue weighted by atomic mass is 32.2. The van der Waals surface area contributed by atoms with E-state index in [1.165, 1.54) is 18.5 Å². The Labute approximate surface area is 134 Å². The number of aliphatic hydroxyl groups is 1. The third kappa shape index (κ3) is 3.21. The minimum atomic E-state index is -0.228. The van der Waals surface area contributed by atoms with Gasteiger partial charge in [0.2, 0.25) is 0 Å². The molecule has 1 fully saturated rings. The van der Waals surface area contributed by atoms with Gasteiger partial charge in [0.1, 0.15) is 11.8 Å². The number of aromatic nitrogens is 3. The summed E-state index contributed by atoms with van der Waals surface area (Å²) in [6.07, 6.45) is 4.40. The van der Waals surface area contributed by atoms with Gasteiger partial charge in [0.25, 0.3) is 0 Å². The molecule has 3 rings (SSSR count). The number of likely N-dealkylation sites (tertiary alicyclic amines) is 1. The standard InChI is InChI=1S/C15H23N5OS/c1-2-3-22-8-11-6-20(7-12(11)21)5-10-4-17-14-13(10)18-9-19-15(14)16/h4,9,11-12,17,21H,2-3,5-8H2,1H3,(H2,16,18,19). The monoisotopic (exact) mass is 321 g/mol. The number of hydrogen-bond acceptors (Lipinski definition) is 6. The number of hydrogen-bond donors (Lipinski definition) is 3. The van der Waals surface area contributed by atoms with E-state index in [0.29, 0.717) is 11.7 Å². The molecule has 2 unspecified atom stereocenters. The quantitative estimate of drug-likeness (QED) is 0.698. The molecular weight excluding hydrogens is 298 g/mol. The zero-order valence-electron chi connectivity index (χ0n) is 12.8. The van der Waals surface area contributed by atoms with Crippen LogP contribution < -0.4 is 5.73 Å². The van der Waals surface area contributed by atoms with Crippen molar-refractivity contribution in [2.45, 2.75) is 26.0 Å². The Hall–Kier alpha value is -1.31. The molecule has 3 heterocycles. The number of thioether (sulfide) groups is 1. The molecule has 1 saturated heterocycles. The second kappa shape index (κ2) is 6.85. The first-order valence-electron chi connectivity index (χ1n) is 7.73. The summed E-state index contributed by atoms with van der Waals surface area (Å²) in [6.45, 7) is 4.63. The summed E-state index contributed by atoms with van der Waals surface area (Å²) < 4.78 is 0. The number of H-pyrrole nitrogens is 1. The molecule has 1 aliphatic rings. The Morgan fingerprint density at radius 3 is 3.14 bits per heavy atom. The Balaban J connectivity index is 1.65. The third-order valence-corrected chi connectivity index (χ3v) is 5.49. The number of nitrogens with one attached hydrogen (secondary N) is 1. The summed E-state index contributed by atoms with van der Waals surface area (Å²) in [5.41, 5.74) is 8.64. The summed E-state index contributed by atoms with van der Waals surface area (Å²) in [4.78, 5) is 13.8. The van der Waals surface area contributed by atoms with Crippen molar-refractivity contribution in [3.8, 4) is 0 Å². The smallest absolute Gasteiger partial charge is 0.151 e. The predicted octanol–water partition coefficient (Wildman–Crippen LogP) is 1.48. The van der Waals surface area contributed by atoms with Crippen LogP contribution >= 0.6 is 11.8 Å². The maximum Gasteiger partial charge on any atom is 0.151 e. The molecule has 0 radical (unpaired) electrons. The molecule has 2 atom stereocenters. The predicted molar refractivity (Wildman–Crippen MR) is 90.7 cm³/mol. The van der Waals surface area contributed by atoms with E-state index in [-0.39, 0.29) is 6.10 Å². The van der Waals surface area contributed by atoms with Crippen molar-refractivity contribution in [1.82, 2.24) is 19.9 Å². The molecule has 4 N–H and O–H groups in total. The maximum absolute atomic E-state index is 10.2. The molecule has 0 amide bonds. The lowest BCUT2D eigenvalue weighted by Gasteiger charge is -2.14. The average molecular weight is 321 g/mol. The zero-order valence-corrected chi connectivity index (χ0v) is 13.6. The number of anilines is 1. The molecule has 2 aromatic rings. The van der Waals surface area contributed by atoms with Crippen LogP contribution in [0, 0.1) is 5.92 Å². The lowest BCUT2D eigenvalue weighted by Crippen LogP contribution is -2.21. The van der Waals surface area contributed by atoms with E-state index >= 15 is 0 Å². The van der Waals surface area contributed by atoms with E-state index in [1.807, 2.05) is 18.0 Å². The van der Waals surface area contributed by atoms with Gasteiger partial charge < -0.3 is 15.8 Å². The highest BCUT2D eigenvalue weighted by molar-refractivity contribution is 7.99. The van der Waals surface area contributed by atoms with E-state index in [0.717, 1.165) is 42.0 Å². The minimum Gasteiger partial charge on any atom is -0.391 e. The van der Waals surface area contributed by atoms with Crippen LogP contribution in [0.4, 0.5) is 5.82 Å². The highest BCUT2D eigenvalue weighted by Crippen LogP contribution is 2.26. The van der Waals surface area contributed by atoms with Crippen molar-refractivity contribution in [1.29, 1.82) is 0 Å². The average Bonchev–Trinajstić information content (AvgIpc) is 3.05. The van der Waals surface area contributed by atoms with E-state index in [2.05, 4.69) is 26.8 Å². The van der Waals surface area contributed by atoms with Gasteiger partial charge in [0.05, 0.1) is 11.6 Å². The minimum absolute atomic E-state index is 0.228. The van der Waals surface area contributed by atoms with E-state index in [4.69, 9.17) is 5.73 Å². The van der Waals surface area contributed by atoms with Crippen molar-refractivity contribution in [2.24, 2.45) is 5.92 Å². The van der Waals surface area contributed by atoms with Crippen molar-refractivity contribution in [2.75, 3.05) is 30.3 Å². The van der Waals surface area contributed by atoms with Gasteiger partial charge >= 0.3 is 0 Å². The highest BCUT2D eigenvalue weighted by Gasteiger charge is 2.31. The largest absolute Gasteiger partial charge is 0.391 e. The second-order valence-electron chi connectivity index (χ2n) is 5.89. The van der Waals surface area contributed by atoms with Crippen molar-refractivity contribution in [3.05, 3.63) is 18.1 Å². The lowest BCUT2D eigenvalue weighted by molar-refractivity contribution is 0.149. The van der Waals surface area contributed by atoms with Gasteiger partial charge in [-0.05, 0) is 17.9 Å². The van der Waals surface area contributed by atoms with E-state index in [9.17, 15) is 5.11 Å². The molecule has 0 aliphatic carbocycles. The summed E-state index contributed by atoms with van der Waals surface area (Å²) in [5.74, 6) is 3.05. The van der Waals surface area contributed by atoms with Gasteiger partial charge in [-0.2, -0.15) is 11.8 Å². The SMILES string of the molecule is CCCSCC1CN(Cc2c[nH]c3c(N)ncnc23)CC1O. The van der Waals surface area contributed by atoms with Crippen molar-refractivity contribution in [3.63, 3.8) is 0 Å². The summed E-state index contributed by atoms with van der Waals surface area (Å²) >= 11 is 1.94. The van der Waals surface area contributed by atoms with Gasteiger partial charge in [-0.1, -0.05) is 6.92 Å². The second-order valence-corrected chi connectivity index (χ2v) is 7.04. The first-order chi connectivity index (χ1) is 10.7. The number of nitrogen functional groups attached to an aromatic ring is 1. The number of aromatic amines is 1. The number of rotatable bonds is 6. The number of nitrogens with two attached hydrogens (primary N) is 1. The van der Waals surface area contributed by atoms with Crippen LogP contribution in [0.2, 0.25) is 0 Å². The topological polar surface area (TPSA) is 91.1 Å². The number of fused-ring (bicyclic) bond motifs is 1. The van der Waals surface area contributed by atoms with Gasteiger partial charge in [-0.15, -0.1) is 0 Å². The van der Waals surface area contributed by atoms with Crippen LogP contribution in [-0.4, -0.2) is 55.7 Å². The third-order valence-electron chi connectivity index (χ3n) is 4.13. The molecule has 2 aromatic heterocycles. The molecule has 0 spiro atoms. The summed E-state index contributed by atoms with van der Waals surface area (Å²) in [7, 11) is 0. The molecule has 22 heavy (non-hydrogen) atoms. The fourth-order valence-electron chi connectivity index (χ4n) is 2.99. The summed E-state index contributed by atoms with van der Waals surface area (Å²) in [6, 6.07) is 0. The molecule has 6 nitrogen and oxygen atoms in total. The molecule has 7 heteroatoms. The van der Waals surface area contributed by atoms with Crippen LogP contribution in [0.15, 0.2) is 12.5 Å². The van der Waals surface area contributed by atoms with Gasteiger partial charge in [0, 0.05) is 37.3 Å². The Morgan fingerprint density at radius 1 is 1.45 bits per heavy atom. The van der Waals surface area contributed by atoms with Gasteiger partial charge in [0.15, 0.2) is 5.82 Å². The lowest BCUT2D eigenvalue weighted by atomic mass is 10.1. The number of β-amino-alcohol motifs (C(OH)–C–C–N with tert-alkyl or cyclic N) is 1. The van der Waals surface area contributed by atoms with Crippen LogP contribution in [0.3, 0.4) is 0 Å². The number of aliphatic hydroxyl groups excluding tert-OH is 1. The normalized spacial score (nSPS) is 22.6. The maximum atomic E-state index is 10.2. The van der Waals surface area contributed by atoms with E-state index < -0.39 is 0 Å². The fourth-order valence-corrected chi connectivity index (χ4v) is 4.07. The molecule has 1 aliphatic heterocycles. The van der Waals surface area contributed by atoms with Crippen LogP contribution in [0.5, 0.6) is 0 Å². The van der Waals surface area contributed by atoms with Gasteiger partial charge in [-0.3, -0.25) is 4.90 Å². The Bertz CT molecular complexity index is 631. The molecule has 0 bridgehead atoms. The number of nitrogens with zero attached hydrogens (tertiary/aromatic N) is 3. The molecular formula is C15H23N5OS. The molecule has 0 saturated carbocycles. The van der Waals surface area contributed by atoms with Crippen LogP contribution in [0.25, 0.3) is 11.0 Å². The fraction of sp³-hybridized carbons (Fsp3) is 0.600.